The van der Waals surface area contributed by atoms with E-state index in [1.54, 1.807) is 0 Å². The first-order valence-corrected chi connectivity index (χ1v) is 25.2. The second-order valence-corrected chi connectivity index (χ2v) is 38.0. The molecule has 2 heterocycles. The normalized spacial score (nSPS) is 20.5. The van der Waals surface area contributed by atoms with Gasteiger partial charge in [-0.2, -0.15) is 0 Å². The predicted octanol–water partition coefficient (Wildman–Crippen LogP) is 2.82. The third-order valence-electron chi connectivity index (χ3n) is 1.49. The van der Waals surface area contributed by atoms with E-state index in [1.807, 2.05) is 0 Å². The van der Waals surface area contributed by atoms with E-state index in [-0.39, 0.29) is 0 Å². The minimum absolute atomic E-state index is 0.778. The van der Waals surface area contributed by atoms with Crippen LogP contribution < -0.4 is 0 Å². The first-order chi connectivity index (χ1) is 8.00. The fourth-order valence-corrected chi connectivity index (χ4v) is 0.880. The predicted molar refractivity (Wildman–Crippen MR) is 66.7 cm³/mol. The van der Waals surface area contributed by atoms with Crippen molar-refractivity contribution in [2.75, 3.05) is 52.9 Å². The zero-order chi connectivity index (χ0) is 13.0. The zero-order valence-electron chi connectivity index (χ0n) is 9.30. The molecule has 0 spiro atoms. The van der Waals surface area contributed by atoms with E-state index in [0.29, 0.717) is 0 Å². The van der Waals surface area contributed by atoms with Gasteiger partial charge in [-0.15, -0.1) is 0 Å². The van der Waals surface area contributed by atoms with Gasteiger partial charge in [0.1, 0.15) is 0 Å². The number of rotatable bonds is 0. The van der Waals surface area contributed by atoms with Crippen LogP contribution in [0.1, 0.15) is 0 Å². The van der Waals surface area contributed by atoms with Gasteiger partial charge in [-0.1, -0.05) is 0 Å². The molecule has 104 valence electrons. The Labute approximate surface area is 119 Å². The molecule has 0 aliphatic carbocycles. The van der Waals surface area contributed by atoms with Gasteiger partial charge in [0.2, 0.25) is 0 Å². The van der Waals surface area contributed by atoms with E-state index < -0.39 is 25.6 Å². The van der Waals surface area contributed by atoms with Crippen molar-refractivity contribution in [2.24, 2.45) is 0 Å². The van der Waals surface area contributed by atoms with Crippen LogP contribution in [0, 0.1) is 25.6 Å². The van der Waals surface area contributed by atoms with Crippen LogP contribution in [0.15, 0.2) is 0 Å². The number of hydrogen-bond donors (Lipinski definition) is 0. The third kappa shape index (κ3) is 23.8. The summed E-state index contributed by atoms with van der Waals surface area (Å²) in [5.74, 6) is 20.2. The second-order valence-electron chi connectivity index (χ2n) is 2.88. The molecule has 2 fully saturated rings. The van der Waals surface area contributed by atoms with E-state index in [2.05, 4.69) is 0 Å². The van der Waals surface area contributed by atoms with Crippen LogP contribution >= 0.6 is 23.9 Å². The average molecular weight is 550 g/mol. The molecular formula is C8H16Cl4O4Th. The Morgan fingerprint density at radius 1 is 0.471 bits per heavy atom. The second kappa shape index (κ2) is 13.3. The van der Waals surface area contributed by atoms with Gasteiger partial charge in [0, 0.05) is 0 Å². The van der Waals surface area contributed by atoms with Crippen molar-refractivity contribution < 1.29 is 44.6 Å². The molecule has 2 aliphatic heterocycles. The monoisotopic (exact) mass is 548 g/mol. The molecule has 2 saturated heterocycles. The van der Waals surface area contributed by atoms with E-state index in [4.69, 9.17) is 42.8 Å². The van der Waals surface area contributed by atoms with Crippen LogP contribution in [-0.2, 0) is 18.9 Å². The number of ether oxygens (including phenoxy) is 4. The summed E-state index contributed by atoms with van der Waals surface area (Å²) in [6.07, 6.45) is 0. The standard InChI is InChI=1S/2C4H8O2.4ClH.Th/c2*1-2-6-4-3-5-1;;;;;/h2*1-4H2;4*1H;/q;;;;;;+4/p-4. The van der Waals surface area contributed by atoms with E-state index in [1.165, 1.54) is 0 Å². The van der Waals surface area contributed by atoms with Gasteiger partial charge in [-0.25, -0.2) is 0 Å². The van der Waals surface area contributed by atoms with Gasteiger partial charge in [-0.3, -0.25) is 0 Å². The van der Waals surface area contributed by atoms with Gasteiger partial charge >= 0.3 is 49.5 Å². The van der Waals surface area contributed by atoms with Gasteiger partial charge in [-0.05, 0) is 0 Å². The van der Waals surface area contributed by atoms with E-state index in [9.17, 15) is 0 Å². The van der Waals surface area contributed by atoms with Gasteiger partial charge < -0.3 is 18.9 Å². The molecule has 9 heteroatoms. The summed E-state index contributed by atoms with van der Waals surface area (Å²) < 4.78 is 19.8. The molecule has 2 rings (SSSR count). The molecule has 0 atom stereocenters. The molecule has 0 unspecified atom stereocenters. The topological polar surface area (TPSA) is 36.9 Å². The van der Waals surface area contributed by atoms with E-state index in [0.717, 1.165) is 52.9 Å². The molecule has 0 amide bonds. The van der Waals surface area contributed by atoms with Crippen molar-refractivity contribution in [3.05, 3.63) is 0 Å². The Morgan fingerprint density at radius 3 is 0.647 bits per heavy atom. The number of halogens is 4. The fraction of sp³-hybridized carbons (Fsp3) is 1.00. The van der Waals surface area contributed by atoms with Crippen LogP contribution in [0.4, 0.5) is 0 Å². The van der Waals surface area contributed by atoms with Crippen LogP contribution in [0.5, 0.6) is 0 Å². The van der Waals surface area contributed by atoms with Crippen molar-refractivity contribution in [3.63, 3.8) is 0 Å². The van der Waals surface area contributed by atoms with Crippen LogP contribution in [0.25, 0.3) is 0 Å². The fourth-order valence-electron chi connectivity index (χ4n) is 0.880. The summed E-state index contributed by atoms with van der Waals surface area (Å²) in [5.41, 5.74) is 0. The molecular weight excluding hydrogens is 534 g/mol. The maximum absolute atomic E-state index is 5.06. The van der Waals surface area contributed by atoms with Crippen molar-refractivity contribution in [2.45, 2.75) is 0 Å². The molecule has 0 N–H and O–H groups in total. The Hall–Kier alpha value is 2.32. The minimum atomic E-state index is -3.45. The van der Waals surface area contributed by atoms with Crippen LogP contribution in [0.2, 0.25) is 0 Å². The Bertz CT molecular complexity index is 121. The van der Waals surface area contributed by atoms with E-state index >= 15 is 0 Å². The zero-order valence-corrected chi connectivity index (χ0v) is 16.4. The summed E-state index contributed by atoms with van der Waals surface area (Å²) in [7, 11) is 0. The van der Waals surface area contributed by atoms with Crippen molar-refractivity contribution in [1.29, 1.82) is 0 Å². The summed E-state index contributed by atoms with van der Waals surface area (Å²) >= 11 is -3.45. The maximum atomic E-state index is 5.06. The van der Waals surface area contributed by atoms with Crippen molar-refractivity contribution in [3.8, 4) is 0 Å². The quantitative estimate of drug-likeness (QED) is 0.466. The molecule has 2 aliphatic rings. The summed E-state index contributed by atoms with van der Waals surface area (Å²) in [4.78, 5) is 0. The molecule has 17 heavy (non-hydrogen) atoms. The number of hydrogen-bond acceptors (Lipinski definition) is 4. The molecule has 0 aromatic carbocycles. The summed E-state index contributed by atoms with van der Waals surface area (Å²) in [6, 6.07) is 0. The molecule has 0 aromatic heterocycles. The first kappa shape index (κ1) is 19.3. The SMILES string of the molecule is C1COCCO1.C1COCCO1.[Cl][Th]([Cl])([Cl])[Cl]. The Kier molecular flexibility index (Phi) is 15.1. The molecule has 4 nitrogen and oxygen atoms in total. The molecule has 0 aromatic rings. The molecule has 0 saturated carbocycles. The molecule has 0 radical (unpaired) electrons. The summed E-state index contributed by atoms with van der Waals surface area (Å²) in [5, 5.41) is 0. The van der Waals surface area contributed by atoms with Gasteiger partial charge in [0.25, 0.3) is 0 Å². The Balaban J connectivity index is 0.000000228. The van der Waals surface area contributed by atoms with Gasteiger partial charge in [0.15, 0.2) is 0 Å². The van der Waals surface area contributed by atoms with Gasteiger partial charge in [0.05, 0.1) is 52.9 Å². The third-order valence-corrected chi connectivity index (χ3v) is 1.49. The van der Waals surface area contributed by atoms with Crippen LogP contribution in [-0.4, -0.2) is 52.9 Å². The Morgan fingerprint density at radius 2 is 0.588 bits per heavy atom. The van der Waals surface area contributed by atoms with Crippen molar-refractivity contribution >= 4 is 23.9 Å². The van der Waals surface area contributed by atoms with Crippen molar-refractivity contribution in [1.82, 2.24) is 0 Å². The van der Waals surface area contributed by atoms with Crippen LogP contribution in [0.3, 0.4) is 0 Å². The summed E-state index contributed by atoms with van der Waals surface area (Å²) in [6.45, 7) is 6.22. The molecule has 0 bridgehead atoms. The first-order valence-electron chi connectivity index (χ1n) is 5.07. The average Bonchev–Trinajstić information content (AvgIpc) is 2.32.